The van der Waals surface area contributed by atoms with Crippen molar-refractivity contribution < 1.29 is 25.9 Å². The van der Waals surface area contributed by atoms with E-state index in [2.05, 4.69) is 43.6 Å². The number of pyridine rings is 1. The fraction of sp³-hybridized carbons (Fsp3) is 0.0606. The molecule has 0 aliphatic rings. The van der Waals surface area contributed by atoms with Crippen LogP contribution < -0.4 is 16.4 Å². The van der Waals surface area contributed by atoms with E-state index in [1.807, 2.05) is 42.5 Å². The predicted molar refractivity (Wildman–Crippen MR) is 194 cm³/mol. The second kappa shape index (κ2) is 14.9. The molecular weight excluding hydrogens is 701 g/mol. The lowest BCUT2D eigenvalue weighted by atomic mass is 10.1. The van der Waals surface area contributed by atoms with Crippen molar-refractivity contribution >= 4 is 83.9 Å². The van der Waals surface area contributed by atoms with Gasteiger partial charge in [-0.3, -0.25) is 14.1 Å². The number of aromatic nitrogens is 1. The van der Waals surface area contributed by atoms with Crippen LogP contribution >= 0.6 is 11.8 Å². The number of hydrogen-bond donors (Lipinski definition) is 5. The lowest BCUT2D eigenvalue weighted by Crippen LogP contribution is -2.05. The number of nitrogens with zero attached hydrogens (tertiary/aromatic N) is 5. The Balaban J connectivity index is 1.47. The number of nitrogens with two attached hydrogens (primary N) is 1. The SMILES string of the molecule is C=N/C(=C(/N)SCN=Nc1c(Nc2ccc(S(=O)(=O)O)cc2)nc(Nc2ccc(S(=O)(=O)O)cc2)c(C#N)c1C)c1ccc2ccccc2c1. The Morgan fingerprint density at radius 3 is 1.98 bits per heavy atom. The van der Waals surface area contributed by atoms with Crippen LogP contribution in [0.15, 0.2) is 121 Å². The van der Waals surface area contributed by atoms with Crippen LogP contribution in [0.2, 0.25) is 0 Å². The summed E-state index contributed by atoms with van der Waals surface area (Å²) in [6.45, 7) is 5.31. The summed E-state index contributed by atoms with van der Waals surface area (Å²) < 4.78 is 64.7. The van der Waals surface area contributed by atoms with Crippen LogP contribution in [0.5, 0.6) is 0 Å². The molecule has 1 aromatic heterocycles. The molecule has 0 aliphatic carbocycles. The molecule has 5 aromatic rings. The van der Waals surface area contributed by atoms with Crippen molar-refractivity contribution in [3.63, 3.8) is 0 Å². The average Bonchev–Trinajstić information content (AvgIpc) is 3.08. The normalized spacial score (nSPS) is 12.4. The summed E-state index contributed by atoms with van der Waals surface area (Å²) in [5.74, 6) is 0.266. The van der Waals surface area contributed by atoms with Gasteiger partial charge in [-0.05, 0) is 79.0 Å². The van der Waals surface area contributed by atoms with E-state index >= 15 is 0 Å². The van der Waals surface area contributed by atoms with Crippen LogP contribution in [0.3, 0.4) is 0 Å². The van der Waals surface area contributed by atoms with Gasteiger partial charge in [0.15, 0.2) is 11.6 Å². The largest absolute Gasteiger partial charge is 0.392 e. The summed E-state index contributed by atoms with van der Waals surface area (Å²) >= 11 is 1.17. The molecule has 0 amide bonds. The third kappa shape index (κ3) is 8.31. The summed E-state index contributed by atoms with van der Waals surface area (Å²) in [6, 6.07) is 26.1. The van der Waals surface area contributed by atoms with Gasteiger partial charge in [-0.15, -0.1) is 0 Å². The highest BCUT2D eigenvalue weighted by atomic mass is 32.2. The molecule has 6 N–H and O–H groups in total. The Bertz CT molecular complexity index is 2430. The van der Waals surface area contributed by atoms with Gasteiger partial charge in [0.25, 0.3) is 20.2 Å². The van der Waals surface area contributed by atoms with Gasteiger partial charge in [0.2, 0.25) is 0 Å². The maximum atomic E-state index is 11.5. The van der Waals surface area contributed by atoms with Gasteiger partial charge in [0.1, 0.15) is 17.6 Å². The summed E-state index contributed by atoms with van der Waals surface area (Å²) in [6.07, 6.45) is 0. The van der Waals surface area contributed by atoms with Gasteiger partial charge in [-0.2, -0.15) is 32.3 Å². The number of rotatable bonds is 12. The zero-order valence-electron chi connectivity index (χ0n) is 26.1. The first-order chi connectivity index (χ1) is 23.8. The number of anilines is 4. The van der Waals surface area contributed by atoms with E-state index < -0.39 is 20.2 Å². The predicted octanol–water partition coefficient (Wildman–Crippen LogP) is 7.16. The molecule has 50 heavy (non-hydrogen) atoms. The number of thioether (sulfide) groups is 1. The van der Waals surface area contributed by atoms with E-state index in [0.29, 0.717) is 27.7 Å². The van der Waals surface area contributed by atoms with Crippen molar-refractivity contribution in [1.29, 1.82) is 5.26 Å². The van der Waals surface area contributed by atoms with Crippen molar-refractivity contribution in [3.8, 4) is 6.07 Å². The van der Waals surface area contributed by atoms with Crippen LogP contribution in [-0.4, -0.2) is 43.5 Å². The Morgan fingerprint density at radius 2 is 1.44 bits per heavy atom. The molecule has 1 heterocycles. The smallest absolute Gasteiger partial charge is 0.294 e. The number of hydrogen-bond acceptors (Lipinski definition) is 13. The Kier molecular flexibility index (Phi) is 10.6. The maximum absolute atomic E-state index is 11.5. The van der Waals surface area contributed by atoms with Gasteiger partial charge in [0, 0.05) is 22.5 Å². The van der Waals surface area contributed by atoms with E-state index in [0.717, 1.165) is 16.3 Å². The minimum Gasteiger partial charge on any atom is -0.392 e. The number of fused-ring (bicyclic) bond motifs is 1. The number of aliphatic imine (C=N–C) groups is 1. The first-order valence-corrected chi connectivity index (χ1v) is 18.2. The molecule has 0 saturated carbocycles. The molecule has 0 unspecified atom stereocenters. The highest BCUT2D eigenvalue weighted by Gasteiger charge is 2.19. The zero-order chi connectivity index (χ0) is 36.1. The molecule has 4 aromatic carbocycles. The fourth-order valence-corrected chi connectivity index (χ4v) is 6.27. The third-order valence-corrected chi connectivity index (χ3v) is 9.70. The van der Waals surface area contributed by atoms with Gasteiger partial charge < -0.3 is 16.4 Å². The molecule has 0 saturated heterocycles. The van der Waals surface area contributed by atoms with Gasteiger partial charge in [0.05, 0.1) is 26.1 Å². The molecule has 0 fully saturated rings. The van der Waals surface area contributed by atoms with Crippen LogP contribution in [0.4, 0.5) is 28.7 Å². The molecule has 0 atom stereocenters. The number of nitrogens with one attached hydrogen (secondary N) is 2. The highest BCUT2D eigenvalue weighted by molar-refractivity contribution is 8.03. The minimum atomic E-state index is -4.43. The molecular formula is C33H28N8O6S3. The molecule has 0 radical (unpaired) electrons. The standard InChI is InChI=1S/C33H28N8O6S3/c1-20-28(18-34)32(38-24-9-13-26(14-10-24)49(42,43)44)40-33(39-25-11-15-27(16-12-25)50(45,46)47)29(20)41-37-19-48-31(35)30(36-2)23-8-7-21-5-3-4-6-22(21)17-23/h3-17H,2,19,35H2,1H3,(H2,38,39,40)(H,42,43,44)(H,45,46,47)/b31-30-,41-37?. The van der Waals surface area contributed by atoms with E-state index in [4.69, 9.17) is 5.73 Å². The monoisotopic (exact) mass is 728 g/mol. The van der Waals surface area contributed by atoms with Crippen molar-refractivity contribution in [2.75, 3.05) is 16.5 Å². The first kappa shape index (κ1) is 35.7. The summed E-state index contributed by atoms with van der Waals surface area (Å²) in [5, 5.41) is 27.2. The van der Waals surface area contributed by atoms with Crippen LogP contribution in [0.1, 0.15) is 16.7 Å². The van der Waals surface area contributed by atoms with Gasteiger partial charge >= 0.3 is 0 Å². The van der Waals surface area contributed by atoms with Gasteiger partial charge in [-0.25, -0.2) is 4.98 Å². The molecule has 5 rings (SSSR count). The van der Waals surface area contributed by atoms with Crippen LogP contribution in [0.25, 0.3) is 16.5 Å². The Labute approximate surface area is 292 Å². The first-order valence-electron chi connectivity index (χ1n) is 14.4. The van der Waals surface area contributed by atoms with Crippen LogP contribution in [-0.2, 0) is 20.2 Å². The average molecular weight is 729 g/mol. The lowest BCUT2D eigenvalue weighted by Gasteiger charge is -2.16. The van der Waals surface area contributed by atoms with E-state index in [9.17, 15) is 31.2 Å². The van der Waals surface area contributed by atoms with Crippen LogP contribution in [0, 0.1) is 18.3 Å². The Hall–Kier alpha value is -5.64. The molecule has 254 valence electrons. The molecule has 0 aliphatic heterocycles. The minimum absolute atomic E-state index is 0.0579. The van der Waals surface area contributed by atoms with Crippen molar-refractivity contribution in [3.05, 3.63) is 113 Å². The van der Waals surface area contributed by atoms with E-state index in [-0.39, 0.29) is 38.6 Å². The van der Waals surface area contributed by atoms with Crippen molar-refractivity contribution in [1.82, 2.24) is 4.98 Å². The Morgan fingerprint density at radius 1 is 0.880 bits per heavy atom. The summed E-state index contributed by atoms with van der Waals surface area (Å²) in [7, 11) is -8.85. The zero-order valence-corrected chi connectivity index (χ0v) is 28.6. The number of nitriles is 1. The van der Waals surface area contributed by atoms with E-state index in [1.165, 1.54) is 60.3 Å². The summed E-state index contributed by atoms with van der Waals surface area (Å²) in [5.41, 5.74) is 9.04. The molecule has 0 bridgehead atoms. The molecule has 0 spiro atoms. The van der Waals surface area contributed by atoms with Crippen molar-refractivity contribution in [2.45, 2.75) is 16.7 Å². The maximum Gasteiger partial charge on any atom is 0.294 e. The number of azo groups is 1. The molecule has 14 nitrogen and oxygen atoms in total. The third-order valence-electron chi connectivity index (χ3n) is 7.22. The molecule has 17 heteroatoms. The fourth-order valence-electron chi connectivity index (χ4n) is 4.74. The summed E-state index contributed by atoms with van der Waals surface area (Å²) in [4.78, 5) is 8.06. The lowest BCUT2D eigenvalue weighted by molar-refractivity contribution is 0.481. The van der Waals surface area contributed by atoms with E-state index in [1.54, 1.807) is 6.92 Å². The second-order valence-corrected chi connectivity index (χ2v) is 14.3. The topological polar surface area (TPSA) is 233 Å². The second-order valence-electron chi connectivity index (χ2n) is 10.5. The highest BCUT2D eigenvalue weighted by Crippen LogP contribution is 2.37. The van der Waals surface area contributed by atoms with Crippen molar-refractivity contribution in [2.24, 2.45) is 21.0 Å². The van der Waals surface area contributed by atoms with Gasteiger partial charge in [-0.1, -0.05) is 48.2 Å². The number of benzene rings is 4. The quantitative estimate of drug-likeness (QED) is 0.0489.